The van der Waals surface area contributed by atoms with Crippen LogP contribution in [0.25, 0.3) is 0 Å². The van der Waals surface area contributed by atoms with E-state index < -0.39 is 0 Å². The van der Waals surface area contributed by atoms with Crippen LogP contribution >= 0.6 is 0 Å². The molecule has 0 saturated heterocycles. The normalized spacial score (nSPS) is 22.9. The summed E-state index contributed by atoms with van der Waals surface area (Å²) in [6.45, 7) is 2.55. The Labute approximate surface area is 144 Å². The average molecular weight is 328 g/mol. The Morgan fingerprint density at radius 3 is 3.08 bits per heavy atom. The number of hydrazine groups is 1. The molecule has 1 aliphatic carbocycles. The summed E-state index contributed by atoms with van der Waals surface area (Å²) in [5.74, 6) is 6.08. The largest absolute Gasteiger partial charge is 0.330 e. The van der Waals surface area contributed by atoms with Crippen LogP contribution in [0.15, 0.2) is 35.6 Å². The third kappa shape index (κ3) is 4.01. The van der Waals surface area contributed by atoms with Gasteiger partial charge in [0.25, 0.3) is 0 Å². The summed E-state index contributed by atoms with van der Waals surface area (Å²) in [6, 6.07) is 4.60. The molecule has 0 bridgehead atoms. The molecule has 130 valence electrons. The summed E-state index contributed by atoms with van der Waals surface area (Å²) < 4.78 is 0. The van der Waals surface area contributed by atoms with Crippen molar-refractivity contribution in [1.29, 1.82) is 0 Å². The van der Waals surface area contributed by atoms with Gasteiger partial charge in [0.2, 0.25) is 0 Å². The first-order valence-corrected chi connectivity index (χ1v) is 8.90. The minimum Gasteiger partial charge on any atom is -0.330 e. The van der Waals surface area contributed by atoms with E-state index in [9.17, 15) is 0 Å². The van der Waals surface area contributed by atoms with Gasteiger partial charge in [-0.15, -0.1) is 0 Å². The van der Waals surface area contributed by atoms with Crippen molar-refractivity contribution in [3.8, 4) is 0 Å². The van der Waals surface area contributed by atoms with Crippen LogP contribution in [0.5, 0.6) is 0 Å². The predicted octanol–water partition coefficient (Wildman–Crippen LogP) is 1.60. The molecule has 1 aromatic heterocycles. The summed E-state index contributed by atoms with van der Waals surface area (Å²) in [4.78, 5) is 11.7. The topological polar surface area (TPSA) is 83.8 Å². The summed E-state index contributed by atoms with van der Waals surface area (Å²) in [6.07, 6.45) is 13.1. The fourth-order valence-corrected chi connectivity index (χ4v) is 3.59. The Morgan fingerprint density at radius 2 is 2.25 bits per heavy atom. The Morgan fingerprint density at radius 1 is 1.33 bits per heavy atom. The highest BCUT2D eigenvalue weighted by Gasteiger charge is 2.29. The molecule has 1 aromatic rings. The molecule has 0 fully saturated rings. The molecule has 4 N–H and O–H groups in total. The van der Waals surface area contributed by atoms with E-state index in [2.05, 4.69) is 16.0 Å². The number of aromatic nitrogens is 1. The van der Waals surface area contributed by atoms with Crippen molar-refractivity contribution < 1.29 is 0 Å². The van der Waals surface area contributed by atoms with Gasteiger partial charge in [0, 0.05) is 25.2 Å². The molecule has 0 aromatic carbocycles. The third-order valence-electron chi connectivity index (χ3n) is 4.85. The fourth-order valence-electron chi connectivity index (χ4n) is 3.59. The number of allylic oxidation sites excluding steroid dienone is 1. The van der Waals surface area contributed by atoms with Crippen molar-refractivity contribution in [1.82, 2.24) is 14.9 Å². The lowest BCUT2D eigenvalue weighted by molar-refractivity contribution is 0.123. The SMILES string of the molecule is NCCCCN(CC1N=CC=CN1N)C1CCCc2cccnc21. The van der Waals surface area contributed by atoms with Crippen LogP contribution in [0.4, 0.5) is 0 Å². The minimum absolute atomic E-state index is 0.0398. The smallest absolute Gasteiger partial charge is 0.147 e. The van der Waals surface area contributed by atoms with Crippen LogP contribution in [0, 0.1) is 0 Å². The molecule has 2 heterocycles. The Balaban J connectivity index is 1.77. The molecule has 2 unspecified atom stereocenters. The summed E-state index contributed by atoms with van der Waals surface area (Å²) in [7, 11) is 0. The van der Waals surface area contributed by atoms with Crippen LogP contribution in [-0.4, -0.2) is 46.9 Å². The Hall–Kier alpha value is -1.76. The molecule has 6 heteroatoms. The molecule has 0 amide bonds. The van der Waals surface area contributed by atoms with Gasteiger partial charge in [-0.05, 0) is 62.9 Å². The number of rotatable bonds is 7. The lowest BCUT2D eigenvalue weighted by atomic mass is 9.90. The molecule has 6 nitrogen and oxygen atoms in total. The van der Waals surface area contributed by atoms with E-state index in [1.165, 1.54) is 17.7 Å². The number of hydrogen-bond acceptors (Lipinski definition) is 6. The maximum absolute atomic E-state index is 6.08. The van der Waals surface area contributed by atoms with Crippen molar-refractivity contribution in [3.05, 3.63) is 41.9 Å². The van der Waals surface area contributed by atoms with E-state index in [-0.39, 0.29) is 6.17 Å². The fraction of sp³-hybridized carbons (Fsp3) is 0.556. The van der Waals surface area contributed by atoms with Gasteiger partial charge < -0.3 is 5.73 Å². The molecule has 0 saturated carbocycles. The molecule has 3 rings (SSSR count). The van der Waals surface area contributed by atoms with Crippen LogP contribution in [-0.2, 0) is 6.42 Å². The van der Waals surface area contributed by atoms with Crippen LogP contribution in [0.3, 0.4) is 0 Å². The van der Waals surface area contributed by atoms with Gasteiger partial charge >= 0.3 is 0 Å². The van der Waals surface area contributed by atoms with Crippen LogP contribution in [0.1, 0.15) is 43.0 Å². The lowest BCUT2D eigenvalue weighted by Gasteiger charge is -2.38. The van der Waals surface area contributed by atoms with Crippen molar-refractivity contribution in [2.24, 2.45) is 16.6 Å². The van der Waals surface area contributed by atoms with Gasteiger partial charge in [-0.1, -0.05) is 6.07 Å². The van der Waals surface area contributed by atoms with E-state index >= 15 is 0 Å². The Kier molecular flexibility index (Phi) is 5.96. The maximum atomic E-state index is 6.08. The molecular formula is C18H28N6. The van der Waals surface area contributed by atoms with E-state index in [4.69, 9.17) is 16.6 Å². The number of nitrogens with two attached hydrogens (primary N) is 2. The van der Waals surface area contributed by atoms with Gasteiger partial charge in [0.05, 0.1) is 11.7 Å². The number of aliphatic imine (C=N–C) groups is 1. The first kappa shape index (κ1) is 17.1. The maximum Gasteiger partial charge on any atom is 0.147 e. The van der Waals surface area contributed by atoms with Gasteiger partial charge in [0.1, 0.15) is 6.17 Å². The molecule has 0 radical (unpaired) electrons. The number of hydrogen-bond donors (Lipinski definition) is 2. The lowest BCUT2D eigenvalue weighted by Crippen LogP contribution is -2.46. The van der Waals surface area contributed by atoms with Gasteiger partial charge in [-0.25, -0.2) is 5.84 Å². The molecule has 0 spiro atoms. The molecule has 24 heavy (non-hydrogen) atoms. The number of fused-ring (bicyclic) bond motifs is 1. The monoisotopic (exact) mass is 328 g/mol. The number of aryl methyl sites for hydroxylation is 1. The highest BCUT2D eigenvalue weighted by atomic mass is 15.5. The third-order valence-corrected chi connectivity index (χ3v) is 4.85. The summed E-state index contributed by atoms with van der Waals surface area (Å²) >= 11 is 0. The number of pyridine rings is 1. The Bertz CT molecular complexity index is 585. The summed E-state index contributed by atoms with van der Waals surface area (Å²) in [5, 5.41) is 1.69. The second-order valence-electron chi connectivity index (χ2n) is 6.51. The molecule has 2 atom stereocenters. The molecular weight excluding hydrogens is 300 g/mol. The van der Waals surface area contributed by atoms with Crippen LogP contribution in [0.2, 0.25) is 0 Å². The van der Waals surface area contributed by atoms with E-state index in [1.54, 1.807) is 5.01 Å². The van der Waals surface area contributed by atoms with Crippen molar-refractivity contribution in [3.63, 3.8) is 0 Å². The van der Waals surface area contributed by atoms with Gasteiger partial charge in [0.15, 0.2) is 0 Å². The zero-order valence-electron chi connectivity index (χ0n) is 14.2. The van der Waals surface area contributed by atoms with Crippen LogP contribution < -0.4 is 11.6 Å². The van der Waals surface area contributed by atoms with E-state index in [1.807, 2.05) is 30.8 Å². The van der Waals surface area contributed by atoms with Crippen molar-refractivity contribution in [2.75, 3.05) is 19.6 Å². The second-order valence-corrected chi connectivity index (χ2v) is 6.51. The zero-order valence-corrected chi connectivity index (χ0v) is 14.2. The average Bonchev–Trinajstić information content (AvgIpc) is 2.62. The van der Waals surface area contributed by atoms with Gasteiger partial charge in [-0.2, -0.15) is 0 Å². The summed E-state index contributed by atoms with van der Waals surface area (Å²) in [5.41, 5.74) is 8.30. The van der Waals surface area contributed by atoms with Crippen molar-refractivity contribution in [2.45, 2.75) is 44.3 Å². The quantitative estimate of drug-likeness (QED) is 0.587. The van der Waals surface area contributed by atoms with E-state index in [0.717, 1.165) is 45.3 Å². The number of nitrogens with zero attached hydrogens (tertiary/aromatic N) is 4. The highest BCUT2D eigenvalue weighted by molar-refractivity contribution is 5.71. The highest BCUT2D eigenvalue weighted by Crippen LogP contribution is 2.33. The molecule has 2 aliphatic rings. The first-order chi connectivity index (χ1) is 11.8. The van der Waals surface area contributed by atoms with Crippen molar-refractivity contribution >= 4 is 6.21 Å². The standard InChI is InChI=1S/C18H28N6/c19-9-1-2-12-23(14-17-21-11-5-13-24(17)20)16-8-3-6-15-7-4-10-22-18(15)16/h4-5,7,10-11,13,16-17H,1-3,6,8-9,12,14,19-20H2. The first-order valence-electron chi connectivity index (χ1n) is 8.90. The zero-order chi connectivity index (χ0) is 16.8. The predicted molar refractivity (Wildman–Crippen MR) is 97.2 cm³/mol. The van der Waals surface area contributed by atoms with E-state index in [0.29, 0.717) is 6.04 Å². The molecule has 1 aliphatic heterocycles. The minimum atomic E-state index is -0.0398. The number of unbranched alkanes of at least 4 members (excludes halogenated alkanes) is 1. The van der Waals surface area contributed by atoms with Gasteiger partial charge in [-0.3, -0.25) is 19.9 Å². The second kappa shape index (κ2) is 8.37.